The third-order valence-corrected chi connectivity index (χ3v) is 5.34. The van der Waals surface area contributed by atoms with Crippen LogP contribution in [0.2, 0.25) is 0 Å². The molecule has 0 radical (unpaired) electrons. The van der Waals surface area contributed by atoms with Crippen LogP contribution in [-0.4, -0.2) is 21.8 Å². The number of H-pyrrole nitrogens is 1. The highest BCUT2D eigenvalue weighted by Crippen LogP contribution is 2.39. The van der Waals surface area contributed by atoms with Gasteiger partial charge in [-0.15, -0.1) is 0 Å². The van der Waals surface area contributed by atoms with E-state index in [1.165, 1.54) is 12.3 Å². The largest absolute Gasteiger partial charge is 0.417 e. The molecule has 0 aliphatic heterocycles. The lowest BCUT2D eigenvalue weighted by Crippen LogP contribution is -2.17. The number of rotatable bonds is 7. The fraction of sp³-hybridized carbons (Fsp3) is 0.115. The number of nitrogens with two attached hydrogens (primary N) is 1. The van der Waals surface area contributed by atoms with Crippen LogP contribution < -0.4 is 11.1 Å². The molecule has 0 aliphatic carbocycles. The average Bonchev–Trinajstić information content (AvgIpc) is 3.33. The molecule has 0 spiro atoms. The Labute approximate surface area is 199 Å². The van der Waals surface area contributed by atoms with Gasteiger partial charge in [-0.3, -0.25) is 9.59 Å². The summed E-state index contributed by atoms with van der Waals surface area (Å²) in [6, 6.07) is 19.4. The third-order valence-electron chi connectivity index (χ3n) is 5.34. The maximum absolute atomic E-state index is 13.8. The Bertz CT molecular complexity index is 1350. The Morgan fingerprint density at radius 2 is 1.57 bits per heavy atom. The maximum atomic E-state index is 13.8. The minimum absolute atomic E-state index is 0.0123. The Balaban J connectivity index is 1.55. The van der Waals surface area contributed by atoms with Gasteiger partial charge in [0.25, 0.3) is 0 Å². The molecule has 0 fully saturated rings. The van der Waals surface area contributed by atoms with Gasteiger partial charge in [-0.05, 0) is 41.5 Å². The first-order valence-electron chi connectivity index (χ1n) is 10.7. The molecule has 3 aromatic carbocycles. The number of alkyl halides is 3. The number of carbonyl (C=O) groups is 2. The van der Waals surface area contributed by atoms with Crippen molar-refractivity contribution < 1.29 is 22.8 Å². The van der Waals surface area contributed by atoms with Gasteiger partial charge in [0.1, 0.15) is 5.82 Å². The van der Waals surface area contributed by atoms with Gasteiger partial charge in [-0.2, -0.15) is 13.2 Å². The van der Waals surface area contributed by atoms with Crippen LogP contribution in [0.15, 0.2) is 79.0 Å². The number of aromatic nitrogens is 2. The second-order valence-corrected chi connectivity index (χ2v) is 7.86. The molecular formula is C26H21F3N4O2. The van der Waals surface area contributed by atoms with Crippen LogP contribution in [0, 0.1) is 0 Å². The number of nitrogens with one attached hydrogen (secondary N) is 2. The zero-order valence-corrected chi connectivity index (χ0v) is 18.4. The van der Waals surface area contributed by atoms with Crippen molar-refractivity contribution >= 4 is 17.5 Å². The molecule has 0 aliphatic rings. The normalized spacial score (nSPS) is 11.3. The quantitative estimate of drug-likeness (QED) is 0.321. The molecule has 35 heavy (non-hydrogen) atoms. The van der Waals surface area contributed by atoms with Crippen molar-refractivity contribution in [1.29, 1.82) is 0 Å². The zero-order valence-electron chi connectivity index (χ0n) is 18.4. The fourth-order valence-electron chi connectivity index (χ4n) is 3.60. The lowest BCUT2D eigenvalue weighted by molar-refractivity contribution is -0.137. The van der Waals surface area contributed by atoms with Gasteiger partial charge in [0, 0.05) is 29.7 Å². The van der Waals surface area contributed by atoms with Gasteiger partial charge in [0.15, 0.2) is 0 Å². The van der Waals surface area contributed by atoms with Crippen LogP contribution in [0.5, 0.6) is 0 Å². The standard InChI is InChI=1S/C26H21F3N4O2/c27-26(28,29)21-14-18(8-11-20(21)16-4-2-1-3-5-16)22-15-31-25(33-22)17-6-9-19(10-7-17)32-24(35)13-12-23(30)34/h1-11,14-15H,12-13H2,(H2,30,34)(H,31,33)(H,32,35). The van der Waals surface area contributed by atoms with E-state index in [1.807, 2.05) is 0 Å². The van der Waals surface area contributed by atoms with Crippen molar-refractivity contribution in [3.63, 3.8) is 0 Å². The molecule has 0 bridgehead atoms. The summed E-state index contributed by atoms with van der Waals surface area (Å²) >= 11 is 0. The van der Waals surface area contributed by atoms with E-state index in [-0.39, 0.29) is 24.3 Å². The highest BCUT2D eigenvalue weighted by molar-refractivity contribution is 5.93. The molecular weight excluding hydrogens is 457 g/mol. The molecule has 1 heterocycles. The predicted octanol–water partition coefficient (Wildman–Crippen LogP) is 5.63. The van der Waals surface area contributed by atoms with Gasteiger partial charge in [0.05, 0.1) is 17.5 Å². The van der Waals surface area contributed by atoms with Crippen LogP contribution in [0.4, 0.5) is 18.9 Å². The minimum atomic E-state index is -4.53. The Hall–Kier alpha value is -4.40. The monoisotopic (exact) mass is 478 g/mol. The number of amides is 2. The summed E-state index contributed by atoms with van der Waals surface area (Å²) in [5.41, 5.74) is 6.91. The van der Waals surface area contributed by atoms with Crippen LogP contribution in [0.25, 0.3) is 33.8 Å². The number of hydrogen-bond donors (Lipinski definition) is 3. The summed E-state index contributed by atoms with van der Waals surface area (Å²) in [4.78, 5) is 30.0. The van der Waals surface area contributed by atoms with Crippen molar-refractivity contribution in [2.24, 2.45) is 5.73 Å². The molecule has 178 valence electrons. The third kappa shape index (κ3) is 5.75. The van der Waals surface area contributed by atoms with Crippen LogP contribution in [0.1, 0.15) is 18.4 Å². The highest BCUT2D eigenvalue weighted by atomic mass is 19.4. The number of halogens is 3. The summed E-state index contributed by atoms with van der Waals surface area (Å²) in [7, 11) is 0. The number of anilines is 1. The van der Waals surface area contributed by atoms with Gasteiger partial charge < -0.3 is 16.0 Å². The second kappa shape index (κ2) is 9.84. The fourth-order valence-corrected chi connectivity index (χ4v) is 3.60. The van der Waals surface area contributed by atoms with Crippen molar-refractivity contribution in [2.45, 2.75) is 19.0 Å². The van der Waals surface area contributed by atoms with E-state index < -0.39 is 17.6 Å². The number of imidazole rings is 1. The summed E-state index contributed by atoms with van der Waals surface area (Å²) in [6.45, 7) is 0. The van der Waals surface area contributed by atoms with Crippen LogP contribution >= 0.6 is 0 Å². The maximum Gasteiger partial charge on any atom is 0.417 e. The number of aromatic amines is 1. The summed E-state index contributed by atoms with van der Waals surface area (Å²) < 4.78 is 41.5. The van der Waals surface area contributed by atoms with Gasteiger partial charge in [-0.25, -0.2) is 4.98 Å². The molecule has 4 N–H and O–H groups in total. The van der Waals surface area contributed by atoms with E-state index >= 15 is 0 Å². The molecule has 0 saturated carbocycles. The van der Waals surface area contributed by atoms with Crippen molar-refractivity contribution in [1.82, 2.24) is 9.97 Å². The van der Waals surface area contributed by atoms with Crippen molar-refractivity contribution in [2.75, 3.05) is 5.32 Å². The molecule has 0 saturated heterocycles. The Morgan fingerprint density at radius 3 is 2.23 bits per heavy atom. The number of benzene rings is 3. The number of primary amides is 1. The smallest absolute Gasteiger partial charge is 0.370 e. The molecule has 4 aromatic rings. The first-order valence-corrected chi connectivity index (χ1v) is 10.7. The molecule has 4 rings (SSSR count). The first kappa shape index (κ1) is 23.7. The topological polar surface area (TPSA) is 101 Å². The van der Waals surface area contributed by atoms with E-state index in [4.69, 9.17) is 5.73 Å². The minimum Gasteiger partial charge on any atom is -0.370 e. The first-order chi connectivity index (χ1) is 16.7. The van der Waals surface area contributed by atoms with Gasteiger partial charge in [0.2, 0.25) is 11.8 Å². The van der Waals surface area contributed by atoms with Crippen molar-refractivity contribution in [3.8, 4) is 33.8 Å². The number of nitrogens with zero attached hydrogens (tertiary/aromatic N) is 1. The second-order valence-electron chi connectivity index (χ2n) is 7.86. The van der Waals surface area contributed by atoms with E-state index in [0.717, 1.165) is 6.07 Å². The van der Waals surface area contributed by atoms with E-state index in [1.54, 1.807) is 60.7 Å². The van der Waals surface area contributed by atoms with Gasteiger partial charge in [-0.1, -0.05) is 42.5 Å². The van der Waals surface area contributed by atoms with E-state index in [0.29, 0.717) is 33.9 Å². The van der Waals surface area contributed by atoms with E-state index in [2.05, 4.69) is 15.3 Å². The molecule has 9 heteroatoms. The predicted molar refractivity (Wildman–Crippen MR) is 127 cm³/mol. The summed E-state index contributed by atoms with van der Waals surface area (Å²) in [5.74, 6) is -0.426. The van der Waals surface area contributed by atoms with Gasteiger partial charge >= 0.3 is 6.18 Å². The summed E-state index contributed by atoms with van der Waals surface area (Å²) in [5, 5.41) is 2.66. The van der Waals surface area contributed by atoms with Crippen LogP contribution in [-0.2, 0) is 15.8 Å². The van der Waals surface area contributed by atoms with Crippen molar-refractivity contribution in [3.05, 3.63) is 84.6 Å². The SMILES string of the molecule is NC(=O)CCC(=O)Nc1ccc(-c2ncc(-c3ccc(-c4ccccc4)c(C(F)(F)F)c3)[nH]2)cc1. The summed E-state index contributed by atoms with van der Waals surface area (Å²) in [6.07, 6.45) is -3.10. The number of hydrogen-bond acceptors (Lipinski definition) is 3. The van der Waals surface area contributed by atoms with Crippen LogP contribution in [0.3, 0.4) is 0 Å². The molecule has 2 amide bonds. The zero-order chi connectivity index (χ0) is 25.0. The molecule has 0 atom stereocenters. The molecule has 6 nitrogen and oxygen atoms in total. The average molecular weight is 478 g/mol. The molecule has 0 unspecified atom stereocenters. The number of carbonyl (C=O) groups excluding carboxylic acids is 2. The molecule has 1 aromatic heterocycles. The lowest BCUT2D eigenvalue weighted by atomic mass is 9.96. The Kier molecular flexibility index (Phi) is 6.68. The Morgan fingerprint density at radius 1 is 0.886 bits per heavy atom. The lowest BCUT2D eigenvalue weighted by Gasteiger charge is -2.14. The van der Waals surface area contributed by atoms with E-state index in [9.17, 15) is 22.8 Å². The highest BCUT2D eigenvalue weighted by Gasteiger charge is 2.34.